The van der Waals surface area contributed by atoms with Crippen molar-refractivity contribution in [2.75, 3.05) is 18.5 Å². The molecule has 4 nitrogen and oxygen atoms in total. The number of ether oxygens (including phenoxy) is 1. The highest BCUT2D eigenvalue weighted by Gasteiger charge is 2.14. The Morgan fingerprint density at radius 2 is 2.00 bits per heavy atom. The molecule has 1 N–H and O–H groups in total. The Labute approximate surface area is 172 Å². The first kappa shape index (κ1) is 20.4. The maximum absolute atomic E-state index is 12.2. The third kappa shape index (κ3) is 6.64. The molecule has 27 heavy (non-hydrogen) atoms. The third-order valence-electron chi connectivity index (χ3n) is 4.29. The van der Waals surface area contributed by atoms with E-state index in [0.717, 1.165) is 37.5 Å². The first-order valence-corrected chi connectivity index (χ1v) is 11.2. The smallest absolute Gasteiger partial charge is 0.224 e. The maximum Gasteiger partial charge on any atom is 0.224 e. The second-order valence-electron chi connectivity index (χ2n) is 6.40. The molecule has 0 unspecified atom stereocenters. The molecule has 1 fully saturated rings. The Hall–Kier alpha value is -1.34. The largest absolute Gasteiger partial charge is 0.381 e. The van der Waals surface area contributed by atoms with E-state index < -0.39 is 0 Å². The van der Waals surface area contributed by atoms with Crippen LogP contribution in [0.15, 0.2) is 36.4 Å². The molecule has 1 amide bonds. The normalized spacial score (nSPS) is 14.9. The van der Waals surface area contributed by atoms with Crippen LogP contribution >= 0.6 is 34.7 Å². The Bertz CT molecular complexity index is 787. The molecular formula is C20H22ClNO3S2. The summed E-state index contributed by atoms with van der Waals surface area (Å²) in [6.07, 6.45) is 2.55. The molecular weight excluding hydrogens is 402 g/mol. The van der Waals surface area contributed by atoms with Gasteiger partial charge in [0.15, 0.2) is 5.78 Å². The van der Waals surface area contributed by atoms with Gasteiger partial charge in [-0.2, -0.15) is 11.8 Å². The van der Waals surface area contributed by atoms with Crippen molar-refractivity contribution in [3.63, 3.8) is 0 Å². The van der Waals surface area contributed by atoms with Crippen molar-refractivity contribution in [1.82, 2.24) is 0 Å². The first-order chi connectivity index (χ1) is 13.1. The van der Waals surface area contributed by atoms with E-state index in [1.807, 2.05) is 30.0 Å². The Morgan fingerprint density at radius 1 is 1.19 bits per heavy atom. The van der Waals surface area contributed by atoms with Crippen molar-refractivity contribution in [1.29, 1.82) is 0 Å². The second kappa shape index (κ2) is 10.3. The van der Waals surface area contributed by atoms with Crippen LogP contribution in [0.3, 0.4) is 0 Å². The van der Waals surface area contributed by atoms with Gasteiger partial charge in [-0.15, -0.1) is 11.3 Å². The summed E-state index contributed by atoms with van der Waals surface area (Å²) in [5.74, 6) is 0.718. The van der Waals surface area contributed by atoms with Crippen LogP contribution in [-0.2, 0) is 15.3 Å². The zero-order valence-corrected chi connectivity index (χ0v) is 17.3. The number of Topliss-reactive ketones (excluding diaryl/α,β-unsaturated/α-hetero) is 1. The topological polar surface area (TPSA) is 55.4 Å². The van der Waals surface area contributed by atoms with E-state index >= 15 is 0 Å². The summed E-state index contributed by atoms with van der Waals surface area (Å²) in [5.41, 5.74) is 1.96. The van der Waals surface area contributed by atoms with Gasteiger partial charge in [0.2, 0.25) is 5.91 Å². The minimum atomic E-state index is -0.153. The number of carbonyl (C=O) groups is 2. The quantitative estimate of drug-likeness (QED) is 0.576. The van der Waals surface area contributed by atoms with Gasteiger partial charge in [0.1, 0.15) is 0 Å². The number of hydrogen-bond acceptors (Lipinski definition) is 5. The highest BCUT2D eigenvalue weighted by Crippen LogP contribution is 2.26. The third-order valence-corrected chi connectivity index (χ3v) is 7.01. The number of benzene rings is 1. The lowest BCUT2D eigenvalue weighted by Crippen LogP contribution is -2.17. The van der Waals surface area contributed by atoms with Crippen LogP contribution in [0.1, 0.15) is 40.9 Å². The molecule has 1 saturated heterocycles. The van der Waals surface area contributed by atoms with Gasteiger partial charge in [-0.3, -0.25) is 9.59 Å². The molecule has 0 bridgehead atoms. The van der Waals surface area contributed by atoms with Crippen LogP contribution in [0, 0.1) is 0 Å². The molecule has 0 spiro atoms. The predicted molar refractivity (Wildman–Crippen MR) is 113 cm³/mol. The summed E-state index contributed by atoms with van der Waals surface area (Å²) in [7, 11) is 0. The molecule has 2 heterocycles. The maximum atomic E-state index is 12.2. The van der Waals surface area contributed by atoms with E-state index in [1.54, 1.807) is 12.1 Å². The SMILES string of the molecule is O=C(CCC(=O)c1ccc(Cl)s1)Nc1cccc(CSC2CCOCC2)c1. The van der Waals surface area contributed by atoms with Crippen molar-refractivity contribution >= 4 is 52.1 Å². The lowest BCUT2D eigenvalue weighted by molar-refractivity contribution is -0.116. The monoisotopic (exact) mass is 423 g/mol. The standard InChI is InChI=1S/C20H22ClNO3S2/c21-19-6-5-18(27-19)17(23)4-7-20(24)22-15-3-1-2-14(12-15)13-26-16-8-10-25-11-9-16/h1-3,5-6,12,16H,4,7-11,13H2,(H,22,24). The molecule has 2 aromatic rings. The molecule has 144 valence electrons. The van der Waals surface area contributed by atoms with E-state index in [4.69, 9.17) is 16.3 Å². The molecule has 1 aliphatic rings. The van der Waals surface area contributed by atoms with Crippen LogP contribution in [-0.4, -0.2) is 30.2 Å². The van der Waals surface area contributed by atoms with Crippen LogP contribution in [0.5, 0.6) is 0 Å². The van der Waals surface area contributed by atoms with Crippen molar-refractivity contribution in [3.8, 4) is 0 Å². The Balaban J connectivity index is 1.45. The fraction of sp³-hybridized carbons (Fsp3) is 0.400. The molecule has 0 saturated carbocycles. The summed E-state index contributed by atoms with van der Waals surface area (Å²) < 4.78 is 5.97. The molecule has 1 aromatic heterocycles. The summed E-state index contributed by atoms with van der Waals surface area (Å²) in [5, 5.41) is 3.54. The summed E-state index contributed by atoms with van der Waals surface area (Å²) in [4.78, 5) is 24.8. The van der Waals surface area contributed by atoms with Gasteiger partial charge in [-0.25, -0.2) is 0 Å². The number of carbonyl (C=O) groups excluding carboxylic acids is 2. The number of hydrogen-bond donors (Lipinski definition) is 1. The van der Waals surface area contributed by atoms with Crippen molar-refractivity contribution in [3.05, 3.63) is 51.2 Å². The average molecular weight is 424 g/mol. The van der Waals surface area contributed by atoms with Crippen molar-refractivity contribution < 1.29 is 14.3 Å². The Kier molecular flexibility index (Phi) is 7.76. The number of rotatable bonds is 8. The molecule has 1 aromatic carbocycles. The highest BCUT2D eigenvalue weighted by molar-refractivity contribution is 7.99. The lowest BCUT2D eigenvalue weighted by Gasteiger charge is -2.21. The summed E-state index contributed by atoms with van der Waals surface area (Å²) in [6, 6.07) is 11.3. The fourth-order valence-corrected chi connectivity index (χ4v) is 4.98. The van der Waals surface area contributed by atoms with E-state index in [9.17, 15) is 9.59 Å². The van der Waals surface area contributed by atoms with Crippen molar-refractivity contribution in [2.45, 2.75) is 36.7 Å². The summed E-state index contributed by atoms with van der Waals surface area (Å²) >= 11 is 9.03. The minimum Gasteiger partial charge on any atom is -0.381 e. The number of nitrogens with one attached hydrogen (secondary N) is 1. The van der Waals surface area contributed by atoms with Crippen LogP contribution in [0.4, 0.5) is 5.69 Å². The number of thioether (sulfide) groups is 1. The number of halogens is 1. The highest BCUT2D eigenvalue weighted by atomic mass is 35.5. The van der Waals surface area contributed by atoms with Gasteiger partial charge >= 0.3 is 0 Å². The van der Waals surface area contributed by atoms with E-state index in [2.05, 4.69) is 11.4 Å². The molecule has 3 rings (SSSR count). The van der Waals surface area contributed by atoms with Gasteiger partial charge in [-0.05, 0) is 42.7 Å². The zero-order valence-electron chi connectivity index (χ0n) is 14.9. The predicted octanol–water partition coefficient (Wildman–Crippen LogP) is 5.42. The fourth-order valence-electron chi connectivity index (χ4n) is 2.83. The van der Waals surface area contributed by atoms with Crippen molar-refractivity contribution in [2.24, 2.45) is 0 Å². The molecule has 0 atom stereocenters. The number of ketones is 1. The zero-order chi connectivity index (χ0) is 19.1. The molecule has 0 radical (unpaired) electrons. The minimum absolute atomic E-state index is 0.0522. The van der Waals surface area contributed by atoms with Gasteiger partial charge < -0.3 is 10.1 Å². The molecule has 7 heteroatoms. The molecule has 1 aliphatic heterocycles. The van der Waals surface area contributed by atoms with E-state index in [0.29, 0.717) is 14.5 Å². The second-order valence-corrected chi connectivity index (χ2v) is 9.40. The number of amides is 1. The van der Waals surface area contributed by atoms with Gasteiger partial charge in [0.05, 0.1) is 9.21 Å². The number of anilines is 1. The summed E-state index contributed by atoms with van der Waals surface area (Å²) in [6.45, 7) is 1.70. The molecule has 0 aliphatic carbocycles. The van der Waals surface area contributed by atoms with Gasteiger partial charge in [0.25, 0.3) is 0 Å². The average Bonchev–Trinajstić information content (AvgIpc) is 3.12. The van der Waals surface area contributed by atoms with Gasteiger partial charge in [-0.1, -0.05) is 23.7 Å². The van der Waals surface area contributed by atoms with E-state index in [1.165, 1.54) is 16.9 Å². The van der Waals surface area contributed by atoms with Crippen LogP contribution < -0.4 is 5.32 Å². The first-order valence-electron chi connectivity index (χ1n) is 8.97. The number of thiophene rings is 1. The van der Waals surface area contributed by atoms with Gasteiger partial charge in [0, 0.05) is 42.7 Å². The van der Waals surface area contributed by atoms with Crippen LogP contribution in [0.25, 0.3) is 0 Å². The van der Waals surface area contributed by atoms with Crippen LogP contribution in [0.2, 0.25) is 4.34 Å². The lowest BCUT2D eigenvalue weighted by atomic mass is 10.1. The Morgan fingerprint density at radius 3 is 2.74 bits per heavy atom. The van der Waals surface area contributed by atoms with E-state index in [-0.39, 0.29) is 24.5 Å².